The van der Waals surface area contributed by atoms with Crippen LogP contribution in [0.4, 0.5) is 0 Å². The molecule has 0 saturated carbocycles. The van der Waals surface area contributed by atoms with E-state index in [-0.39, 0.29) is 0 Å². The van der Waals surface area contributed by atoms with E-state index in [1.807, 2.05) is 23.6 Å². The number of halogens is 1. The van der Waals surface area contributed by atoms with E-state index in [4.69, 9.17) is 21.6 Å². The van der Waals surface area contributed by atoms with Crippen molar-refractivity contribution in [2.45, 2.75) is 17.6 Å². The van der Waals surface area contributed by atoms with Crippen LogP contribution in [0.3, 0.4) is 0 Å². The molecule has 0 aliphatic rings. The maximum absolute atomic E-state index is 9.89. The van der Waals surface area contributed by atoms with E-state index in [0.29, 0.717) is 29.6 Å². The number of hydrogen-bond acceptors (Lipinski definition) is 5. The number of aliphatic hydroxyl groups is 1. The first-order chi connectivity index (χ1) is 10.2. The van der Waals surface area contributed by atoms with Gasteiger partial charge in [-0.2, -0.15) is 5.26 Å². The molecule has 1 atom stereocenters. The monoisotopic (exact) mass is 339 g/mol. The van der Waals surface area contributed by atoms with Crippen LogP contribution in [0.2, 0.25) is 5.02 Å². The zero-order chi connectivity index (χ0) is 15.1. The Bertz CT molecular complexity index is 611. The van der Waals surface area contributed by atoms with Gasteiger partial charge in [0.15, 0.2) is 0 Å². The van der Waals surface area contributed by atoms with Crippen molar-refractivity contribution < 1.29 is 9.84 Å². The maximum Gasteiger partial charge on any atom is 0.0992 e. The van der Waals surface area contributed by atoms with E-state index < -0.39 is 6.10 Å². The third-order valence-electron chi connectivity index (χ3n) is 2.63. The number of thiophene rings is 1. The van der Waals surface area contributed by atoms with Gasteiger partial charge in [0.25, 0.3) is 0 Å². The topological polar surface area (TPSA) is 53.2 Å². The van der Waals surface area contributed by atoms with Crippen LogP contribution in [-0.4, -0.2) is 23.6 Å². The predicted molar refractivity (Wildman–Crippen MR) is 86.9 cm³/mol. The number of aliphatic hydroxyl groups excluding tert-OH is 1. The largest absolute Gasteiger partial charge is 0.390 e. The second kappa shape index (κ2) is 8.42. The highest BCUT2D eigenvalue weighted by Gasteiger charge is 2.08. The van der Waals surface area contributed by atoms with E-state index in [0.717, 1.165) is 9.77 Å². The van der Waals surface area contributed by atoms with Crippen molar-refractivity contribution in [2.24, 2.45) is 0 Å². The molecule has 0 fully saturated rings. The lowest BCUT2D eigenvalue weighted by Crippen LogP contribution is -2.17. The minimum atomic E-state index is -0.554. The standard InChI is InChI=1S/C15H14ClNO2S2/c16-14-6-11(7-17)3-4-15(14)21-10-12(18)8-19-9-13-2-1-5-20-13/h1-6,12,18H,8-10H2. The molecule has 0 radical (unpaired) electrons. The molecule has 2 rings (SSSR count). The van der Waals surface area contributed by atoms with Gasteiger partial charge in [0.1, 0.15) is 0 Å². The molecule has 1 heterocycles. The van der Waals surface area contributed by atoms with Crippen molar-refractivity contribution in [3.8, 4) is 6.07 Å². The summed E-state index contributed by atoms with van der Waals surface area (Å²) in [7, 11) is 0. The van der Waals surface area contributed by atoms with Crippen LogP contribution in [0, 0.1) is 11.3 Å². The summed E-state index contributed by atoms with van der Waals surface area (Å²) < 4.78 is 5.47. The second-order valence-electron chi connectivity index (χ2n) is 4.32. The summed E-state index contributed by atoms with van der Waals surface area (Å²) in [6, 6.07) is 11.2. The van der Waals surface area contributed by atoms with Gasteiger partial charge in [0.2, 0.25) is 0 Å². The molecule has 2 aromatic rings. The summed E-state index contributed by atoms with van der Waals surface area (Å²) in [6.07, 6.45) is -0.554. The molecular formula is C15H14ClNO2S2. The van der Waals surface area contributed by atoms with Crippen molar-refractivity contribution in [3.63, 3.8) is 0 Å². The first-order valence-electron chi connectivity index (χ1n) is 6.29. The van der Waals surface area contributed by atoms with Crippen LogP contribution >= 0.6 is 34.7 Å². The Morgan fingerprint density at radius 3 is 2.95 bits per heavy atom. The van der Waals surface area contributed by atoms with E-state index in [2.05, 4.69) is 0 Å². The van der Waals surface area contributed by atoms with Gasteiger partial charge in [0.05, 0.1) is 36.0 Å². The number of nitrogens with zero attached hydrogens (tertiary/aromatic N) is 1. The fourth-order valence-corrected chi connectivity index (χ4v) is 3.43. The number of hydrogen-bond donors (Lipinski definition) is 1. The number of thioether (sulfide) groups is 1. The molecule has 21 heavy (non-hydrogen) atoms. The van der Waals surface area contributed by atoms with E-state index in [1.165, 1.54) is 11.8 Å². The Labute approximate surface area is 137 Å². The first kappa shape index (κ1) is 16.3. The normalized spacial score (nSPS) is 12.0. The zero-order valence-corrected chi connectivity index (χ0v) is 13.5. The van der Waals surface area contributed by atoms with Crippen LogP contribution < -0.4 is 0 Å². The van der Waals surface area contributed by atoms with Crippen molar-refractivity contribution in [1.82, 2.24) is 0 Å². The fourth-order valence-electron chi connectivity index (χ4n) is 1.61. The quantitative estimate of drug-likeness (QED) is 0.776. The minimum absolute atomic E-state index is 0.290. The van der Waals surface area contributed by atoms with Crippen molar-refractivity contribution in [2.75, 3.05) is 12.4 Å². The molecule has 6 heteroatoms. The van der Waals surface area contributed by atoms with Gasteiger partial charge >= 0.3 is 0 Å². The smallest absolute Gasteiger partial charge is 0.0992 e. The summed E-state index contributed by atoms with van der Waals surface area (Å²) >= 11 is 9.17. The molecule has 0 aliphatic carbocycles. The maximum atomic E-state index is 9.89. The van der Waals surface area contributed by atoms with Crippen LogP contribution in [-0.2, 0) is 11.3 Å². The van der Waals surface area contributed by atoms with Gasteiger partial charge in [-0.25, -0.2) is 0 Å². The molecule has 0 amide bonds. The Morgan fingerprint density at radius 2 is 2.29 bits per heavy atom. The minimum Gasteiger partial charge on any atom is -0.390 e. The van der Waals surface area contributed by atoms with Gasteiger partial charge in [-0.1, -0.05) is 17.7 Å². The van der Waals surface area contributed by atoms with Gasteiger partial charge < -0.3 is 9.84 Å². The molecule has 0 aliphatic heterocycles. The highest BCUT2D eigenvalue weighted by molar-refractivity contribution is 7.99. The van der Waals surface area contributed by atoms with Crippen LogP contribution in [0.5, 0.6) is 0 Å². The molecule has 1 aromatic carbocycles. The molecule has 0 spiro atoms. The van der Waals surface area contributed by atoms with Crippen molar-refractivity contribution in [1.29, 1.82) is 5.26 Å². The summed E-state index contributed by atoms with van der Waals surface area (Å²) in [5.41, 5.74) is 0.532. The van der Waals surface area contributed by atoms with Crippen LogP contribution in [0.1, 0.15) is 10.4 Å². The number of ether oxygens (including phenoxy) is 1. The fraction of sp³-hybridized carbons (Fsp3) is 0.267. The first-order valence-corrected chi connectivity index (χ1v) is 8.54. The Balaban J connectivity index is 1.73. The molecule has 110 valence electrons. The molecule has 1 unspecified atom stereocenters. The summed E-state index contributed by atoms with van der Waals surface area (Å²) in [5.74, 6) is 0.496. The Morgan fingerprint density at radius 1 is 1.43 bits per heavy atom. The Kier molecular flexibility index (Phi) is 6.55. The van der Waals surface area contributed by atoms with Gasteiger partial charge in [-0.3, -0.25) is 0 Å². The third-order valence-corrected chi connectivity index (χ3v) is 5.12. The second-order valence-corrected chi connectivity index (χ2v) is 6.82. The molecule has 1 N–H and O–H groups in total. The van der Waals surface area contributed by atoms with Crippen molar-refractivity contribution in [3.05, 3.63) is 51.2 Å². The summed E-state index contributed by atoms with van der Waals surface area (Å²) in [4.78, 5) is 2.00. The Hall–Kier alpha value is -1.03. The number of benzene rings is 1. The predicted octanol–water partition coefficient (Wildman–Crippen LogP) is 3.94. The van der Waals surface area contributed by atoms with E-state index in [9.17, 15) is 5.11 Å². The molecule has 0 bridgehead atoms. The molecule has 3 nitrogen and oxygen atoms in total. The lowest BCUT2D eigenvalue weighted by atomic mass is 10.2. The third kappa shape index (κ3) is 5.34. The molecular weight excluding hydrogens is 326 g/mol. The van der Waals surface area contributed by atoms with E-state index in [1.54, 1.807) is 29.5 Å². The average Bonchev–Trinajstić information content (AvgIpc) is 2.99. The van der Waals surface area contributed by atoms with Gasteiger partial charge in [0, 0.05) is 15.5 Å². The zero-order valence-electron chi connectivity index (χ0n) is 11.2. The van der Waals surface area contributed by atoms with Gasteiger partial charge in [-0.15, -0.1) is 23.1 Å². The highest BCUT2D eigenvalue weighted by atomic mass is 35.5. The SMILES string of the molecule is N#Cc1ccc(SCC(O)COCc2cccs2)c(Cl)c1. The highest BCUT2D eigenvalue weighted by Crippen LogP contribution is 2.28. The summed E-state index contributed by atoms with van der Waals surface area (Å²) in [6.45, 7) is 0.815. The van der Waals surface area contributed by atoms with Crippen molar-refractivity contribution >= 4 is 34.7 Å². The lowest BCUT2D eigenvalue weighted by Gasteiger charge is -2.11. The molecule has 1 aromatic heterocycles. The van der Waals surface area contributed by atoms with Crippen LogP contribution in [0.25, 0.3) is 0 Å². The lowest BCUT2D eigenvalue weighted by molar-refractivity contribution is 0.0409. The van der Waals surface area contributed by atoms with Crippen LogP contribution in [0.15, 0.2) is 40.6 Å². The van der Waals surface area contributed by atoms with Gasteiger partial charge in [-0.05, 0) is 29.6 Å². The number of nitriles is 1. The van der Waals surface area contributed by atoms with E-state index >= 15 is 0 Å². The number of rotatable bonds is 7. The molecule has 0 saturated heterocycles. The summed E-state index contributed by atoms with van der Waals surface area (Å²) in [5, 5.41) is 21.2. The average molecular weight is 340 g/mol.